The van der Waals surface area contributed by atoms with E-state index in [0.29, 0.717) is 25.7 Å². The molecule has 0 aliphatic heterocycles. The third-order valence-corrected chi connectivity index (χ3v) is 8.59. The van der Waals surface area contributed by atoms with Crippen molar-refractivity contribution in [1.29, 1.82) is 0 Å². The van der Waals surface area contributed by atoms with E-state index in [4.69, 9.17) is 23.7 Å². The zero-order valence-corrected chi connectivity index (χ0v) is 29.8. The molecule has 2 aliphatic carbocycles. The summed E-state index contributed by atoms with van der Waals surface area (Å²) >= 11 is 0. The fourth-order valence-electron chi connectivity index (χ4n) is 5.51. The Balaban J connectivity index is 0.000000274. The van der Waals surface area contributed by atoms with Gasteiger partial charge >= 0.3 is 18.3 Å². The highest BCUT2D eigenvalue weighted by Crippen LogP contribution is 2.34. The molecule has 0 spiro atoms. The number of ether oxygens (including phenoxy) is 5. The minimum Gasteiger partial charge on any atom is -0.426 e. The maximum atomic E-state index is 12.8. The van der Waals surface area contributed by atoms with Crippen LogP contribution in [0.2, 0.25) is 0 Å². The zero-order valence-electron chi connectivity index (χ0n) is 29.8. The molecule has 290 valence electrons. The van der Waals surface area contributed by atoms with Crippen molar-refractivity contribution in [3.63, 3.8) is 0 Å². The summed E-state index contributed by atoms with van der Waals surface area (Å²) in [5.74, 6) is 0.105. The van der Waals surface area contributed by atoms with Gasteiger partial charge in [-0.2, -0.15) is 0 Å². The molecule has 3 aromatic rings. The first kappa shape index (κ1) is 41.1. The maximum Gasteiger partial charge on any atom is 0.514 e. The minimum absolute atomic E-state index is 0.0568. The summed E-state index contributed by atoms with van der Waals surface area (Å²) in [5, 5.41) is 32.0. The molecule has 2 aliphatic rings. The maximum absolute atomic E-state index is 12.8. The number of nitrogens with zero attached hydrogens (tertiary/aromatic N) is 3. The van der Waals surface area contributed by atoms with Gasteiger partial charge in [0.05, 0.1) is 20.2 Å². The van der Waals surface area contributed by atoms with Crippen LogP contribution in [0.15, 0.2) is 97.1 Å². The van der Waals surface area contributed by atoms with Gasteiger partial charge in [0.1, 0.15) is 29.5 Å². The molecule has 3 aromatic carbocycles. The molecule has 0 saturated heterocycles. The Morgan fingerprint density at radius 2 is 1.00 bits per heavy atom. The number of allylic oxidation sites excluding steroid dienone is 2. The van der Waals surface area contributed by atoms with E-state index < -0.39 is 44.6 Å². The van der Waals surface area contributed by atoms with Gasteiger partial charge in [-0.15, -0.1) is 0 Å². The van der Waals surface area contributed by atoms with Gasteiger partial charge in [0.15, 0.2) is 0 Å². The Labute approximate surface area is 314 Å². The highest BCUT2D eigenvalue weighted by atomic mass is 16.7. The van der Waals surface area contributed by atoms with Crippen LogP contribution in [-0.2, 0) is 14.3 Å². The van der Waals surface area contributed by atoms with Crippen LogP contribution < -0.4 is 14.2 Å². The molecule has 17 heteroatoms. The van der Waals surface area contributed by atoms with Crippen molar-refractivity contribution >= 4 is 35.3 Å². The molecule has 3 atom stereocenters. The zero-order chi connectivity index (χ0) is 39.8. The van der Waals surface area contributed by atoms with Gasteiger partial charge in [-0.3, -0.25) is 35.1 Å². The molecule has 0 saturated carbocycles. The van der Waals surface area contributed by atoms with Crippen LogP contribution in [0.5, 0.6) is 17.2 Å². The van der Waals surface area contributed by atoms with E-state index in [1.807, 2.05) is 12.2 Å². The first-order chi connectivity index (χ1) is 26.3. The van der Waals surface area contributed by atoms with E-state index >= 15 is 0 Å². The molecule has 0 amide bonds. The smallest absolute Gasteiger partial charge is 0.426 e. The normalized spacial score (nSPS) is 20.5. The number of non-ortho nitro benzene ring substituents is 3. The van der Waals surface area contributed by atoms with E-state index in [0.717, 1.165) is 32.1 Å². The lowest BCUT2D eigenvalue weighted by Gasteiger charge is -2.28. The number of carbonyl (C=O) groups is 3. The van der Waals surface area contributed by atoms with Crippen molar-refractivity contribution in [2.45, 2.75) is 76.9 Å². The van der Waals surface area contributed by atoms with Gasteiger partial charge in [-0.25, -0.2) is 9.59 Å². The van der Waals surface area contributed by atoms with Crippen molar-refractivity contribution in [3.05, 3.63) is 127 Å². The summed E-state index contributed by atoms with van der Waals surface area (Å²) in [6.07, 6.45) is 11.7. The number of nitro benzene ring substituents is 3. The molecular weight excluding hydrogens is 722 g/mol. The van der Waals surface area contributed by atoms with Crippen molar-refractivity contribution < 1.29 is 52.8 Å². The van der Waals surface area contributed by atoms with Crippen LogP contribution in [-0.4, -0.2) is 45.3 Å². The Bertz CT molecular complexity index is 1880. The van der Waals surface area contributed by atoms with Crippen LogP contribution in [0.4, 0.5) is 26.7 Å². The van der Waals surface area contributed by atoms with Crippen molar-refractivity contribution in [2.75, 3.05) is 0 Å². The molecule has 0 fully saturated rings. The van der Waals surface area contributed by atoms with Gasteiger partial charge in [0.2, 0.25) is 0 Å². The minimum atomic E-state index is -0.940. The molecule has 0 aromatic heterocycles. The van der Waals surface area contributed by atoms with Gasteiger partial charge < -0.3 is 23.7 Å². The van der Waals surface area contributed by atoms with Crippen LogP contribution in [0, 0.1) is 35.8 Å². The Hall–Kier alpha value is -6.65. The van der Waals surface area contributed by atoms with E-state index in [1.165, 1.54) is 72.8 Å². The van der Waals surface area contributed by atoms with Crippen LogP contribution in [0.25, 0.3) is 0 Å². The third kappa shape index (κ3) is 13.4. The van der Waals surface area contributed by atoms with Gasteiger partial charge in [0.25, 0.3) is 17.1 Å². The topological polar surface area (TPSA) is 227 Å². The lowest BCUT2D eigenvalue weighted by molar-refractivity contribution is -0.385. The second-order valence-electron chi connectivity index (χ2n) is 12.8. The van der Waals surface area contributed by atoms with Crippen LogP contribution in [0.3, 0.4) is 0 Å². The van der Waals surface area contributed by atoms with Crippen molar-refractivity contribution in [3.8, 4) is 17.2 Å². The van der Waals surface area contributed by atoms with Crippen molar-refractivity contribution in [2.24, 2.45) is 5.41 Å². The second kappa shape index (κ2) is 20.0. The predicted molar refractivity (Wildman–Crippen MR) is 195 cm³/mol. The predicted octanol–water partition coefficient (Wildman–Crippen LogP) is 9.13. The van der Waals surface area contributed by atoms with E-state index in [1.54, 1.807) is 19.1 Å². The fourth-order valence-corrected chi connectivity index (χ4v) is 5.51. The number of esters is 1. The lowest BCUT2D eigenvalue weighted by Crippen LogP contribution is -2.33. The summed E-state index contributed by atoms with van der Waals surface area (Å²) < 4.78 is 26.0. The van der Waals surface area contributed by atoms with Crippen LogP contribution >= 0.6 is 0 Å². The molecule has 5 rings (SSSR count). The largest absolute Gasteiger partial charge is 0.514 e. The lowest BCUT2D eigenvalue weighted by atomic mass is 9.79. The third-order valence-electron chi connectivity index (χ3n) is 8.59. The molecule has 55 heavy (non-hydrogen) atoms. The number of hydrogen-bond acceptors (Lipinski definition) is 14. The van der Waals surface area contributed by atoms with E-state index in [-0.39, 0.29) is 40.4 Å². The van der Waals surface area contributed by atoms with Gasteiger partial charge in [-0.1, -0.05) is 18.6 Å². The number of carbonyl (C=O) groups excluding carboxylic acids is 3. The summed E-state index contributed by atoms with van der Waals surface area (Å²) in [5.41, 5.74) is -1.10. The summed E-state index contributed by atoms with van der Waals surface area (Å²) in [4.78, 5) is 66.9. The van der Waals surface area contributed by atoms with Crippen LogP contribution in [0.1, 0.15) is 64.7 Å². The summed E-state index contributed by atoms with van der Waals surface area (Å²) in [6.45, 7) is 1.77. The molecule has 0 N–H and O–H groups in total. The average Bonchev–Trinajstić information content (AvgIpc) is 3.12. The quantitative estimate of drug-likeness (QED) is 0.0495. The molecule has 0 heterocycles. The Kier molecular flexibility index (Phi) is 14.9. The van der Waals surface area contributed by atoms with E-state index in [9.17, 15) is 44.7 Å². The first-order valence-corrected chi connectivity index (χ1v) is 17.4. The van der Waals surface area contributed by atoms with E-state index in [2.05, 4.69) is 0 Å². The monoisotopic (exact) mass is 761 g/mol. The molecule has 1 unspecified atom stereocenters. The summed E-state index contributed by atoms with van der Waals surface area (Å²) in [6, 6.07) is 15.6. The highest BCUT2D eigenvalue weighted by molar-refractivity contribution is 5.79. The van der Waals surface area contributed by atoms with Gasteiger partial charge in [0, 0.05) is 36.4 Å². The molecule has 0 bridgehead atoms. The first-order valence-electron chi connectivity index (χ1n) is 17.4. The molecule has 0 radical (unpaired) electrons. The SMILES string of the molecule is C[C@]1(C(=O)Oc2ccc([N+](=O)[O-])cc2)C/C=C/[C@@H](OC(=O)Oc2ccc([N+](=O)[O-])cc2)CCC1.O=C(Oc1ccc([N+](=O)[O-])cc1)OC1/C=C/CCCCC1. The highest BCUT2D eigenvalue weighted by Gasteiger charge is 2.35. The standard InChI is InChI=1S/C23H22N2O9.C15H17NO5/c1-23(21(26)32-19-10-6-16(7-11-19)24(28)29)14-2-4-18(5-3-15-23)33-22(27)34-20-12-8-17(9-13-20)25(30)31;17-15(20-13-6-4-2-1-3-5-7-13)21-14-10-8-12(9-11-14)16(18)19/h2,4,6-13,18H,3,5,14-15H2,1H3;4,6,8-11,13H,1-3,5,7H2/b4-2+;6-4+/t18-,23+;/m1./s1. The van der Waals surface area contributed by atoms with Gasteiger partial charge in [-0.05, 0) is 107 Å². The Morgan fingerprint density at radius 3 is 1.45 bits per heavy atom. The molecule has 17 nitrogen and oxygen atoms in total. The number of rotatable bonds is 9. The van der Waals surface area contributed by atoms with Crippen molar-refractivity contribution in [1.82, 2.24) is 0 Å². The molecular formula is C38H39N3O14. The number of hydrogen-bond donors (Lipinski definition) is 0. The summed E-state index contributed by atoms with van der Waals surface area (Å²) in [7, 11) is 0. The number of nitro groups is 3. The number of benzene rings is 3. The fraction of sp³-hybridized carbons (Fsp3) is 0.342. The Morgan fingerprint density at radius 1 is 0.582 bits per heavy atom. The second-order valence-corrected chi connectivity index (χ2v) is 12.8. The average molecular weight is 762 g/mol.